The van der Waals surface area contributed by atoms with Crippen molar-refractivity contribution in [3.8, 4) is 0 Å². The van der Waals surface area contributed by atoms with E-state index in [-0.39, 0.29) is 24.1 Å². The number of likely N-dealkylation sites (tertiary alicyclic amines) is 1. The zero-order valence-corrected chi connectivity index (χ0v) is 12.4. The summed E-state index contributed by atoms with van der Waals surface area (Å²) in [6.07, 6.45) is 1.85. The minimum Gasteiger partial charge on any atom is -0.393 e. The topological polar surface area (TPSA) is 43.8 Å². The Kier molecular flexibility index (Phi) is 5.60. The lowest BCUT2D eigenvalue weighted by Crippen LogP contribution is -2.51. The van der Waals surface area contributed by atoms with E-state index in [0.717, 1.165) is 25.9 Å². The first-order valence-corrected chi connectivity index (χ1v) is 7.03. The van der Waals surface area contributed by atoms with Gasteiger partial charge in [-0.2, -0.15) is 0 Å². The Balaban J connectivity index is 2.60. The van der Waals surface area contributed by atoms with Crippen LogP contribution in [0, 0.1) is 5.92 Å². The van der Waals surface area contributed by atoms with Gasteiger partial charge in [-0.3, -0.25) is 9.69 Å². The fraction of sp³-hybridized carbons (Fsp3) is 0.929. The van der Waals surface area contributed by atoms with E-state index >= 15 is 0 Å². The number of likely N-dealkylation sites (N-methyl/N-ethyl adjacent to an activating group) is 1. The molecule has 1 aliphatic heterocycles. The molecule has 1 heterocycles. The number of amides is 1. The average molecular weight is 256 g/mol. The third-order valence-corrected chi connectivity index (χ3v) is 4.20. The summed E-state index contributed by atoms with van der Waals surface area (Å²) < 4.78 is 0. The van der Waals surface area contributed by atoms with Gasteiger partial charge in [0.25, 0.3) is 0 Å². The number of nitrogens with zero attached hydrogens (tertiary/aromatic N) is 2. The van der Waals surface area contributed by atoms with Crippen LogP contribution in [-0.4, -0.2) is 59.1 Å². The Morgan fingerprint density at radius 3 is 2.44 bits per heavy atom. The fourth-order valence-electron chi connectivity index (χ4n) is 2.49. The van der Waals surface area contributed by atoms with Crippen LogP contribution in [0.15, 0.2) is 0 Å². The molecule has 0 aliphatic carbocycles. The van der Waals surface area contributed by atoms with Gasteiger partial charge in [-0.1, -0.05) is 0 Å². The monoisotopic (exact) mass is 256 g/mol. The molecular weight excluding hydrogens is 228 g/mol. The van der Waals surface area contributed by atoms with Gasteiger partial charge >= 0.3 is 0 Å². The van der Waals surface area contributed by atoms with Crippen molar-refractivity contribution in [1.29, 1.82) is 0 Å². The van der Waals surface area contributed by atoms with Crippen molar-refractivity contribution in [2.45, 2.75) is 58.7 Å². The van der Waals surface area contributed by atoms with Gasteiger partial charge in [0, 0.05) is 19.6 Å². The Morgan fingerprint density at radius 1 is 1.33 bits per heavy atom. The minimum atomic E-state index is -0.280. The average Bonchev–Trinajstić information content (AvgIpc) is 2.36. The number of aliphatic hydroxyl groups is 1. The van der Waals surface area contributed by atoms with Crippen molar-refractivity contribution in [2.75, 3.05) is 20.1 Å². The van der Waals surface area contributed by atoms with E-state index in [0.29, 0.717) is 5.92 Å². The predicted molar refractivity (Wildman–Crippen MR) is 73.3 cm³/mol. The lowest BCUT2D eigenvalue weighted by Gasteiger charge is -2.39. The highest BCUT2D eigenvalue weighted by Crippen LogP contribution is 2.22. The third-order valence-electron chi connectivity index (χ3n) is 4.20. The molecule has 1 amide bonds. The first-order chi connectivity index (χ1) is 8.34. The van der Waals surface area contributed by atoms with Crippen molar-refractivity contribution in [3.63, 3.8) is 0 Å². The van der Waals surface area contributed by atoms with Gasteiger partial charge in [0.1, 0.15) is 0 Å². The van der Waals surface area contributed by atoms with E-state index in [4.69, 9.17) is 0 Å². The fourth-order valence-corrected chi connectivity index (χ4v) is 2.49. The second kappa shape index (κ2) is 6.53. The van der Waals surface area contributed by atoms with Gasteiger partial charge in [0.05, 0.1) is 12.1 Å². The molecule has 0 aromatic rings. The molecule has 4 nitrogen and oxygen atoms in total. The predicted octanol–water partition coefficient (Wildman–Crippen LogP) is 1.33. The van der Waals surface area contributed by atoms with Gasteiger partial charge in [0.15, 0.2) is 0 Å². The van der Waals surface area contributed by atoms with Crippen molar-refractivity contribution in [3.05, 3.63) is 0 Å². The molecule has 0 bridgehead atoms. The van der Waals surface area contributed by atoms with Crippen LogP contribution in [0.1, 0.15) is 40.5 Å². The Bertz CT molecular complexity index is 279. The highest BCUT2D eigenvalue weighted by Gasteiger charge is 2.30. The van der Waals surface area contributed by atoms with E-state index in [1.54, 1.807) is 4.90 Å². The maximum atomic E-state index is 12.3. The van der Waals surface area contributed by atoms with Gasteiger partial charge < -0.3 is 10.0 Å². The highest BCUT2D eigenvalue weighted by molar-refractivity contribution is 5.81. The first-order valence-electron chi connectivity index (χ1n) is 7.03. The first kappa shape index (κ1) is 15.4. The molecule has 3 unspecified atom stereocenters. The number of carbonyl (C=O) groups is 1. The van der Waals surface area contributed by atoms with E-state index in [1.807, 2.05) is 34.7 Å². The Morgan fingerprint density at radius 2 is 1.94 bits per heavy atom. The van der Waals surface area contributed by atoms with E-state index < -0.39 is 0 Å². The molecule has 106 valence electrons. The third kappa shape index (κ3) is 3.69. The summed E-state index contributed by atoms with van der Waals surface area (Å²) in [5, 5.41) is 9.69. The maximum Gasteiger partial charge on any atom is 0.239 e. The molecule has 0 radical (unpaired) electrons. The molecule has 3 atom stereocenters. The number of hydrogen-bond donors (Lipinski definition) is 1. The summed E-state index contributed by atoms with van der Waals surface area (Å²) in [6, 6.07) is 0.149. The molecule has 0 spiro atoms. The van der Waals surface area contributed by atoms with Crippen LogP contribution in [-0.2, 0) is 4.79 Å². The van der Waals surface area contributed by atoms with E-state index in [1.165, 1.54) is 0 Å². The number of aliphatic hydroxyl groups excluding tert-OH is 1. The van der Waals surface area contributed by atoms with Crippen molar-refractivity contribution >= 4 is 5.91 Å². The molecule has 1 saturated heterocycles. The second-order valence-electron chi connectivity index (χ2n) is 5.86. The van der Waals surface area contributed by atoms with Crippen LogP contribution in [0.2, 0.25) is 0 Å². The maximum absolute atomic E-state index is 12.3. The van der Waals surface area contributed by atoms with E-state index in [2.05, 4.69) is 4.90 Å². The molecule has 0 aromatic heterocycles. The Hall–Kier alpha value is -0.610. The van der Waals surface area contributed by atoms with Crippen molar-refractivity contribution in [1.82, 2.24) is 9.80 Å². The summed E-state index contributed by atoms with van der Waals surface area (Å²) in [4.78, 5) is 16.3. The number of piperidine rings is 1. The number of carbonyl (C=O) groups excluding carboxylic acids is 1. The van der Waals surface area contributed by atoms with Gasteiger partial charge in [-0.25, -0.2) is 0 Å². The smallest absolute Gasteiger partial charge is 0.239 e. The quantitative estimate of drug-likeness (QED) is 0.825. The minimum absolute atomic E-state index is 0.0843. The molecular formula is C14H28N2O2. The molecule has 1 aliphatic rings. The van der Waals surface area contributed by atoms with Crippen molar-refractivity contribution in [2.24, 2.45) is 5.92 Å². The summed E-state index contributed by atoms with van der Waals surface area (Å²) in [5.74, 6) is 0.481. The molecule has 4 heteroatoms. The van der Waals surface area contributed by atoms with Gasteiger partial charge in [0.2, 0.25) is 5.91 Å². The molecule has 1 N–H and O–H groups in total. The largest absolute Gasteiger partial charge is 0.393 e. The van der Waals surface area contributed by atoms with E-state index in [9.17, 15) is 9.90 Å². The molecule has 18 heavy (non-hydrogen) atoms. The summed E-state index contributed by atoms with van der Waals surface area (Å²) >= 11 is 0. The zero-order chi connectivity index (χ0) is 13.9. The van der Waals surface area contributed by atoms with Crippen LogP contribution >= 0.6 is 0 Å². The summed E-state index contributed by atoms with van der Waals surface area (Å²) in [6.45, 7) is 9.67. The van der Waals surface area contributed by atoms with Gasteiger partial charge in [-0.15, -0.1) is 0 Å². The molecule has 1 fully saturated rings. The Labute approximate surface area is 111 Å². The SMILES string of the molecule is CC(O)C1CCCN(C(C)C(=O)N(C)C(C)C)C1. The van der Waals surface area contributed by atoms with Crippen LogP contribution in [0.25, 0.3) is 0 Å². The van der Waals surface area contributed by atoms with Crippen molar-refractivity contribution < 1.29 is 9.90 Å². The highest BCUT2D eigenvalue weighted by atomic mass is 16.3. The van der Waals surface area contributed by atoms with Crippen LogP contribution in [0.5, 0.6) is 0 Å². The lowest BCUT2D eigenvalue weighted by molar-refractivity contribution is -0.137. The summed E-state index contributed by atoms with van der Waals surface area (Å²) in [5.41, 5.74) is 0. The second-order valence-corrected chi connectivity index (χ2v) is 5.86. The molecule has 0 saturated carbocycles. The zero-order valence-electron chi connectivity index (χ0n) is 12.4. The number of rotatable bonds is 4. The van der Waals surface area contributed by atoms with Crippen LogP contribution < -0.4 is 0 Å². The van der Waals surface area contributed by atoms with Gasteiger partial charge in [-0.05, 0) is 53.0 Å². The lowest BCUT2D eigenvalue weighted by atomic mass is 9.92. The number of hydrogen-bond acceptors (Lipinski definition) is 3. The standard InChI is InChI=1S/C14H28N2O2/c1-10(2)15(5)14(18)11(3)16-8-6-7-13(9-16)12(4)17/h10-13,17H,6-9H2,1-5H3. The molecule has 0 aromatic carbocycles. The molecule has 1 rings (SSSR count). The summed E-state index contributed by atoms with van der Waals surface area (Å²) in [7, 11) is 1.86. The van der Waals surface area contributed by atoms with Crippen LogP contribution in [0.4, 0.5) is 0 Å². The van der Waals surface area contributed by atoms with Crippen LogP contribution in [0.3, 0.4) is 0 Å². The normalized spacial score (nSPS) is 24.9.